The van der Waals surface area contributed by atoms with Crippen LogP contribution in [0.25, 0.3) is 113 Å². The first kappa shape index (κ1) is 63.7. The van der Waals surface area contributed by atoms with Crippen LogP contribution in [0, 0.1) is 0 Å². The Labute approximate surface area is 480 Å². The van der Waals surface area contributed by atoms with Gasteiger partial charge in [0, 0.05) is 56.7 Å². The van der Waals surface area contributed by atoms with E-state index in [1.165, 1.54) is 20.6 Å². The summed E-state index contributed by atoms with van der Waals surface area (Å²) in [5.74, 6) is 0. The zero-order valence-electron chi connectivity index (χ0n) is 39.4. The molecule has 0 aliphatic carbocycles. The molecule has 10 heterocycles. The Hall–Kier alpha value is -8.44. The van der Waals surface area contributed by atoms with Crippen molar-refractivity contribution in [2.24, 2.45) is 0 Å². The van der Waals surface area contributed by atoms with Gasteiger partial charge >= 0.3 is 34.1 Å². The monoisotopic (exact) mass is 1150 g/mol. The van der Waals surface area contributed by atoms with E-state index in [0.717, 1.165) is 52.7 Å². The third kappa shape index (κ3) is 19.1. The van der Waals surface area contributed by atoms with Gasteiger partial charge in [0.15, 0.2) is 0 Å². The Kier molecular flexibility index (Phi) is 31.3. The molecule has 0 spiro atoms. The van der Waals surface area contributed by atoms with Crippen LogP contribution in [-0.4, -0.2) is 92.7 Å². The molecule has 0 radical (unpaired) electrons. The predicted octanol–water partition coefficient (Wildman–Crippen LogP) is 11.7. The number of aromatic nitrogens is 12. The van der Waals surface area contributed by atoms with Crippen molar-refractivity contribution < 1.29 is 39.2 Å². The molecule has 10 aromatic heterocycles. The Morgan fingerprint density at radius 2 is 0.368 bits per heavy atom. The third-order valence-electron chi connectivity index (χ3n) is 9.05. The van der Waals surface area contributed by atoms with Crippen LogP contribution in [-0.2, 0) is 34.1 Å². The minimum absolute atomic E-state index is 0. The molecule has 10 rings (SSSR count). The minimum atomic E-state index is 0. The molecule has 0 unspecified atom stereocenters. The molecule has 0 atom stereocenters. The van der Waals surface area contributed by atoms with Crippen LogP contribution in [0.3, 0.4) is 0 Å². The molecule has 0 aliphatic rings. The molecule has 0 saturated carbocycles. The van der Waals surface area contributed by atoms with E-state index in [1.807, 2.05) is 146 Å². The molecule has 1 N–H and O–H groups in total. The van der Waals surface area contributed by atoms with Crippen molar-refractivity contribution in [2.75, 3.05) is 7.11 Å². The summed E-state index contributed by atoms with van der Waals surface area (Å²) in [6, 6.07) is 45.8. The first-order valence-corrected chi connectivity index (χ1v) is 22.7. The van der Waals surface area contributed by atoms with E-state index < -0.39 is 0 Å². The molecular weight excluding hydrogens is 1120 g/mol. The maximum atomic E-state index is 7.13. The van der Waals surface area contributed by atoms with Crippen LogP contribution < -0.4 is 0 Å². The standard InChI is InChI=1S/2C24H16N6.4CNS.CH4O.2Fe/c2*1-5-13-25-17(9-1)21-22(18-10-2-6-14-26-18)30-24(20-12-4-8-16-28-20)23(29-21)19-11-3-7-15-27-19;4*2-1-3;1-2;;/h2*1-16H;;;;;2H,1H3;;/q;;4*-1;;2*+2. The number of nitrogens with zero attached hydrogens (tertiary/aromatic N) is 16. The number of aliphatic hydroxyl groups excluding tert-OH is 1. The zero-order valence-corrected chi connectivity index (χ0v) is 44.9. The van der Waals surface area contributed by atoms with Crippen molar-refractivity contribution >= 4 is 69.5 Å². The second-order valence-corrected chi connectivity index (χ2v) is 14.1. The number of aliphatic hydroxyl groups is 1. The molecule has 0 bridgehead atoms. The van der Waals surface area contributed by atoms with Crippen LogP contribution >= 0.6 is 48.9 Å². The largest absolute Gasteiger partial charge is 2.00 e. The van der Waals surface area contributed by atoms with E-state index in [0.29, 0.717) is 45.6 Å². The van der Waals surface area contributed by atoms with Crippen molar-refractivity contribution in [3.05, 3.63) is 217 Å². The fourth-order valence-electron chi connectivity index (χ4n) is 6.32. The van der Waals surface area contributed by atoms with Crippen LogP contribution in [0.15, 0.2) is 195 Å². The molecule has 374 valence electrons. The maximum Gasteiger partial charge on any atom is 2.00 e. The van der Waals surface area contributed by atoms with Gasteiger partial charge in [-0.3, -0.25) is 39.9 Å². The Bertz CT molecular complexity index is 2730. The SMILES string of the molecule is CO.[Fe+2].[Fe+2].[N-]=C=S.[N-]=C=S.[N-]=C=S.[N-]=C=S.c1ccc(-c2nc(-c3ccccn3)c(-c3ccccn3)nc2-c2ccccn2)nc1.c1ccc(-c2nc(-c3ccccn3)c(-c3ccccn3)nc2-c2ccccn2)nc1. The molecule has 0 aliphatic heterocycles. The number of rotatable bonds is 8. The number of hydrogen-bond donors (Lipinski definition) is 1. The molecule has 0 amide bonds. The van der Waals surface area contributed by atoms with Gasteiger partial charge in [-0.25, -0.2) is 19.9 Å². The van der Waals surface area contributed by atoms with Gasteiger partial charge < -0.3 is 26.7 Å². The third-order valence-corrected chi connectivity index (χ3v) is 9.05. The average Bonchev–Trinajstić information content (AvgIpc) is 3.48. The van der Waals surface area contributed by atoms with Gasteiger partial charge in [-0.2, -0.15) is 20.6 Å². The Morgan fingerprint density at radius 3 is 0.447 bits per heavy atom. The first-order chi connectivity index (χ1) is 36.5. The van der Waals surface area contributed by atoms with E-state index in [1.54, 1.807) is 49.6 Å². The topological polar surface area (TPSA) is 264 Å². The van der Waals surface area contributed by atoms with Crippen molar-refractivity contribution in [3.63, 3.8) is 0 Å². The minimum Gasteiger partial charge on any atom is -0.753 e. The molecule has 0 saturated heterocycles. The summed E-state index contributed by atoms with van der Waals surface area (Å²) in [6.45, 7) is 0. The van der Waals surface area contributed by atoms with Crippen molar-refractivity contribution in [1.82, 2.24) is 59.8 Å². The van der Waals surface area contributed by atoms with Crippen LogP contribution in [0.2, 0.25) is 0 Å². The van der Waals surface area contributed by atoms with Crippen molar-refractivity contribution in [2.45, 2.75) is 0 Å². The Balaban J connectivity index is 0.000000411. The zero-order chi connectivity index (χ0) is 53.2. The first-order valence-electron chi connectivity index (χ1n) is 21.1. The molecule has 0 aromatic carbocycles. The van der Waals surface area contributed by atoms with Gasteiger partial charge in [-0.1, -0.05) is 97.4 Å². The normalized spacial score (nSPS) is 8.92. The van der Waals surface area contributed by atoms with Gasteiger partial charge in [0.1, 0.15) is 45.6 Å². The van der Waals surface area contributed by atoms with Crippen molar-refractivity contribution in [1.29, 1.82) is 0 Å². The van der Waals surface area contributed by atoms with Crippen LogP contribution in [0.4, 0.5) is 0 Å². The Morgan fingerprint density at radius 1 is 0.263 bits per heavy atom. The molecule has 76 heavy (non-hydrogen) atoms. The summed E-state index contributed by atoms with van der Waals surface area (Å²) >= 11 is 14.8. The van der Waals surface area contributed by atoms with Gasteiger partial charge in [0.2, 0.25) is 0 Å². The van der Waals surface area contributed by atoms with E-state index in [2.05, 4.69) is 88.7 Å². The summed E-state index contributed by atoms with van der Waals surface area (Å²) in [5.41, 5.74) is 10.9. The van der Waals surface area contributed by atoms with E-state index in [9.17, 15) is 0 Å². The summed E-state index contributed by atoms with van der Waals surface area (Å²) in [4.78, 5) is 56.0. The molecule has 23 heteroatoms. The fraction of sp³-hybridized carbons (Fsp3) is 0.0189. The smallest absolute Gasteiger partial charge is 0.753 e. The average molecular weight is 1150 g/mol. The number of thiocarbonyl (C=S) groups is 4. The van der Waals surface area contributed by atoms with Gasteiger partial charge in [0.05, 0.1) is 45.6 Å². The van der Waals surface area contributed by atoms with Crippen molar-refractivity contribution in [3.8, 4) is 91.1 Å². The molecule has 10 aromatic rings. The van der Waals surface area contributed by atoms with Crippen LogP contribution in [0.5, 0.6) is 0 Å². The molecular formula is C53H36Fe2N16OS4. The number of pyridine rings is 8. The van der Waals surface area contributed by atoms with Crippen LogP contribution in [0.1, 0.15) is 0 Å². The quantitative estimate of drug-likeness (QED) is 0.0842. The second-order valence-electron chi connectivity index (χ2n) is 13.3. The fourth-order valence-corrected chi connectivity index (χ4v) is 6.32. The van der Waals surface area contributed by atoms with Gasteiger partial charge in [-0.05, 0) is 97.1 Å². The van der Waals surface area contributed by atoms with Gasteiger partial charge in [0.25, 0.3) is 0 Å². The maximum absolute atomic E-state index is 7.13. The van der Waals surface area contributed by atoms with E-state index >= 15 is 0 Å². The van der Waals surface area contributed by atoms with Gasteiger partial charge in [-0.15, -0.1) is 0 Å². The predicted molar refractivity (Wildman–Crippen MR) is 302 cm³/mol. The van der Waals surface area contributed by atoms with E-state index in [-0.39, 0.29) is 34.1 Å². The number of hydrogen-bond acceptors (Lipinski definition) is 17. The second kappa shape index (κ2) is 37.3. The van der Waals surface area contributed by atoms with E-state index in [4.69, 9.17) is 46.7 Å². The molecule has 0 fully saturated rings. The molecule has 17 nitrogen and oxygen atoms in total. The summed E-state index contributed by atoms with van der Waals surface area (Å²) in [7, 11) is 1.00. The summed E-state index contributed by atoms with van der Waals surface area (Å²) in [6.07, 6.45) is 13.9. The summed E-state index contributed by atoms with van der Waals surface area (Å²) in [5, 5.41) is 40.9. The summed E-state index contributed by atoms with van der Waals surface area (Å²) < 4.78 is 0. The number of isothiocyanates is 4.